The number of hydrogen-bond acceptors (Lipinski definition) is 6. The van der Waals surface area contributed by atoms with E-state index in [0.717, 1.165) is 59.0 Å². The molecular formula is C22H25N5S. The molecule has 0 aliphatic carbocycles. The zero-order chi connectivity index (χ0) is 18.9. The smallest absolute Gasteiger partial charge is 0.158 e. The predicted molar refractivity (Wildman–Crippen MR) is 118 cm³/mol. The average Bonchev–Trinajstić information content (AvgIpc) is 3.00. The van der Waals surface area contributed by atoms with Gasteiger partial charge in [-0.25, -0.2) is 9.98 Å². The first-order valence-electron chi connectivity index (χ1n) is 9.71. The number of anilines is 2. The van der Waals surface area contributed by atoms with Crippen LogP contribution < -0.4 is 10.6 Å². The number of fused-ring (bicyclic) bond motifs is 2. The van der Waals surface area contributed by atoms with Gasteiger partial charge in [0.05, 0.1) is 16.4 Å². The molecule has 3 heterocycles. The van der Waals surface area contributed by atoms with Gasteiger partial charge in [0.2, 0.25) is 0 Å². The van der Waals surface area contributed by atoms with Crippen molar-refractivity contribution in [1.29, 1.82) is 0 Å². The molecule has 2 aliphatic rings. The van der Waals surface area contributed by atoms with Gasteiger partial charge in [-0.3, -0.25) is 0 Å². The SMILES string of the molecule is Cc1nc2c(s1)Nc1ccccc1N=C2N1CCN[C@@H](Cc2ccccc2)C1.[HH]. The third kappa shape index (κ3) is 3.41. The van der Waals surface area contributed by atoms with E-state index in [0.29, 0.717) is 6.04 Å². The molecule has 0 spiro atoms. The Hall–Kier alpha value is -2.70. The minimum Gasteiger partial charge on any atom is -0.352 e. The fourth-order valence-corrected chi connectivity index (χ4v) is 4.73. The van der Waals surface area contributed by atoms with E-state index in [2.05, 4.69) is 64.9 Å². The molecular weight excluding hydrogens is 366 g/mol. The highest BCUT2D eigenvalue weighted by molar-refractivity contribution is 7.16. The lowest BCUT2D eigenvalue weighted by Crippen LogP contribution is -2.53. The second-order valence-corrected chi connectivity index (χ2v) is 8.48. The fourth-order valence-electron chi connectivity index (χ4n) is 3.90. The third-order valence-corrected chi connectivity index (χ3v) is 6.09. The molecule has 2 aliphatic heterocycles. The average molecular weight is 392 g/mol. The van der Waals surface area contributed by atoms with Gasteiger partial charge in [0.1, 0.15) is 10.7 Å². The second-order valence-electron chi connectivity index (χ2n) is 7.27. The van der Waals surface area contributed by atoms with Crippen molar-refractivity contribution in [2.75, 3.05) is 25.0 Å². The summed E-state index contributed by atoms with van der Waals surface area (Å²) in [6.45, 7) is 4.86. The van der Waals surface area contributed by atoms with Crippen molar-refractivity contribution in [1.82, 2.24) is 15.2 Å². The minimum absolute atomic E-state index is 0. The van der Waals surface area contributed by atoms with Crippen LogP contribution in [0.1, 0.15) is 17.7 Å². The van der Waals surface area contributed by atoms with Gasteiger partial charge in [-0.05, 0) is 31.0 Å². The minimum atomic E-state index is 0. The van der Waals surface area contributed by atoms with Gasteiger partial charge in [0.25, 0.3) is 0 Å². The molecule has 1 aromatic heterocycles. The first-order chi connectivity index (χ1) is 13.8. The molecule has 2 aromatic carbocycles. The number of aryl methyl sites for hydroxylation is 1. The second kappa shape index (κ2) is 7.37. The molecule has 5 nitrogen and oxygen atoms in total. The number of para-hydroxylation sites is 2. The molecule has 3 aromatic rings. The van der Waals surface area contributed by atoms with Crippen molar-refractivity contribution in [2.45, 2.75) is 19.4 Å². The summed E-state index contributed by atoms with van der Waals surface area (Å²) in [5, 5.41) is 9.35. The maximum atomic E-state index is 5.06. The van der Waals surface area contributed by atoms with Crippen molar-refractivity contribution >= 4 is 33.5 Å². The molecule has 0 amide bonds. The lowest BCUT2D eigenvalue weighted by Gasteiger charge is -2.35. The van der Waals surface area contributed by atoms with Crippen LogP contribution >= 0.6 is 11.3 Å². The van der Waals surface area contributed by atoms with E-state index >= 15 is 0 Å². The van der Waals surface area contributed by atoms with Crippen molar-refractivity contribution in [3.8, 4) is 0 Å². The van der Waals surface area contributed by atoms with E-state index in [1.807, 2.05) is 12.1 Å². The van der Waals surface area contributed by atoms with E-state index in [9.17, 15) is 0 Å². The summed E-state index contributed by atoms with van der Waals surface area (Å²) >= 11 is 1.69. The molecule has 5 rings (SSSR count). The Kier molecular flexibility index (Phi) is 4.58. The fraction of sp³-hybridized carbons (Fsp3) is 0.273. The van der Waals surface area contributed by atoms with Crippen LogP contribution in [0.15, 0.2) is 59.6 Å². The number of nitrogens with zero attached hydrogens (tertiary/aromatic N) is 3. The number of rotatable bonds is 2. The van der Waals surface area contributed by atoms with E-state index in [4.69, 9.17) is 9.98 Å². The Balaban J connectivity index is 0.00000205. The number of benzene rings is 2. The molecule has 144 valence electrons. The molecule has 1 fully saturated rings. The zero-order valence-electron chi connectivity index (χ0n) is 15.9. The van der Waals surface area contributed by atoms with Crippen LogP contribution in [0.4, 0.5) is 16.4 Å². The molecule has 6 heteroatoms. The van der Waals surface area contributed by atoms with Gasteiger partial charge >= 0.3 is 0 Å². The zero-order valence-corrected chi connectivity index (χ0v) is 16.7. The Labute approximate surface area is 170 Å². The molecule has 1 saturated heterocycles. The number of piperazine rings is 1. The molecule has 1 atom stereocenters. The summed E-state index contributed by atoms with van der Waals surface area (Å²) in [6, 6.07) is 19.3. The van der Waals surface area contributed by atoms with Crippen LogP contribution in [0, 0.1) is 6.92 Å². The summed E-state index contributed by atoms with van der Waals surface area (Å²) in [7, 11) is 0. The van der Waals surface area contributed by atoms with E-state index < -0.39 is 0 Å². The Bertz CT molecular complexity index is 1020. The first-order valence-corrected chi connectivity index (χ1v) is 10.5. The lowest BCUT2D eigenvalue weighted by molar-refractivity contribution is 0.290. The molecule has 2 N–H and O–H groups in total. The van der Waals surface area contributed by atoms with Gasteiger partial charge in [-0.2, -0.15) is 0 Å². The Morgan fingerprint density at radius 3 is 2.86 bits per heavy atom. The molecule has 0 radical (unpaired) electrons. The van der Waals surface area contributed by atoms with Crippen LogP contribution in [0.5, 0.6) is 0 Å². The van der Waals surface area contributed by atoms with Gasteiger partial charge in [0, 0.05) is 27.1 Å². The van der Waals surface area contributed by atoms with Gasteiger partial charge < -0.3 is 15.5 Å². The van der Waals surface area contributed by atoms with E-state index in [1.54, 1.807) is 11.3 Å². The Morgan fingerprint density at radius 2 is 1.96 bits per heavy atom. The number of amidine groups is 1. The van der Waals surface area contributed by atoms with Gasteiger partial charge in [-0.1, -0.05) is 42.5 Å². The summed E-state index contributed by atoms with van der Waals surface area (Å²) in [4.78, 5) is 12.3. The number of nitrogens with one attached hydrogen (secondary N) is 2. The summed E-state index contributed by atoms with van der Waals surface area (Å²) < 4.78 is 0. The molecule has 28 heavy (non-hydrogen) atoms. The van der Waals surface area contributed by atoms with Gasteiger partial charge in [-0.15, -0.1) is 11.3 Å². The highest BCUT2D eigenvalue weighted by atomic mass is 32.1. The van der Waals surface area contributed by atoms with Crippen LogP contribution in [-0.2, 0) is 6.42 Å². The third-order valence-electron chi connectivity index (χ3n) is 5.20. The highest BCUT2D eigenvalue weighted by Gasteiger charge is 2.28. The molecule has 0 saturated carbocycles. The molecule has 0 unspecified atom stereocenters. The molecule has 0 bridgehead atoms. The Morgan fingerprint density at radius 1 is 1.14 bits per heavy atom. The number of aliphatic imine (C=N–C) groups is 1. The quantitative estimate of drug-likeness (QED) is 0.682. The maximum Gasteiger partial charge on any atom is 0.158 e. The van der Waals surface area contributed by atoms with E-state index in [-0.39, 0.29) is 1.43 Å². The van der Waals surface area contributed by atoms with E-state index in [1.165, 1.54) is 5.56 Å². The van der Waals surface area contributed by atoms with Crippen LogP contribution in [0.2, 0.25) is 0 Å². The summed E-state index contributed by atoms with van der Waals surface area (Å²) in [6.07, 6.45) is 1.02. The number of thiazole rings is 1. The number of aromatic nitrogens is 1. The lowest BCUT2D eigenvalue weighted by atomic mass is 10.0. The standard InChI is InChI=1S/C22H23N5S.H2/c1-15-24-20-21(25-18-9-5-6-10-19(18)26-22(20)28-15)27-12-11-23-17(14-27)13-16-7-3-2-4-8-16;/h2-10,17,23,26H,11-14H2,1H3;1H/t17-;/m0./s1. The van der Waals surface area contributed by atoms with Crippen molar-refractivity contribution in [3.05, 3.63) is 70.9 Å². The van der Waals surface area contributed by atoms with Crippen LogP contribution in [0.25, 0.3) is 0 Å². The highest BCUT2D eigenvalue weighted by Crippen LogP contribution is 2.37. The van der Waals surface area contributed by atoms with Crippen molar-refractivity contribution < 1.29 is 1.43 Å². The maximum absolute atomic E-state index is 5.06. The first kappa shape index (κ1) is 17.4. The van der Waals surface area contributed by atoms with Gasteiger partial charge in [0.15, 0.2) is 5.84 Å². The normalized spacial score (nSPS) is 18.5. The predicted octanol–water partition coefficient (Wildman–Crippen LogP) is 4.35. The number of hydrogen-bond donors (Lipinski definition) is 2. The monoisotopic (exact) mass is 391 g/mol. The van der Waals surface area contributed by atoms with Crippen molar-refractivity contribution in [3.63, 3.8) is 0 Å². The largest absolute Gasteiger partial charge is 0.352 e. The van der Waals surface area contributed by atoms with Crippen LogP contribution in [-0.4, -0.2) is 41.4 Å². The topological polar surface area (TPSA) is 52.6 Å². The van der Waals surface area contributed by atoms with Crippen LogP contribution in [0.3, 0.4) is 0 Å². The van der Waals surface area contributed by atoms with Crippen molar-refractivity contribution in [2.24, 2.45) is 4.99 Å². The summed E-state index contributed by atoms with van der Waals surface area (Å²) in [5.74, 6) is 0.983. The summed E-state index contributed by atoms with van der Waals surface area (Å²) in [5.41, 5.74) is 4.35.